The minimum absolute atomic E-state index is 0. The van der Waals surface area contributed by atoms with Gasteiger partial charge in [-0.3, -0.25) is 4.79 Å². The largest absolute Gasteiger partial charge is 0.497 e. The van der Waals surface area contributed by atoms with Gasteiger partial charge in [0.2, 0.25) is 5.91 Å². The van der Waals surface area contributed by atoms with Crippen molar-refractivity contribution in [1.29, 1.82) is 0 Å². The summed E-state index contributed by atoms with van der Waals surface area (Å²) >= 11 is 1.33. The maximum Gasteiger partial charge on any atom is 0.245 e. The molecule has 126 valence electrons. The van der Waals surface area contributed by atoms with Crippen LogP contribution in [0.25, 0.3) is 11.3 Å². The fraction of sp³-hybridized carbons (Fsp3) is 0.333. The normalized spacial score (nSPS) is 10.7. The Morgan fingerprint density at radius 3 is 2.57 bits per heavy atom. The zero-order valence-electron chi connectivity index (χ0n) is 13.4. The highest BCUT2D eigenvalue weighted by atomic mass is 35.5. The second-order valence-corrected chi connectivity index (χ2v) is 6.14. The molecule has 2 aromatic rings. The van der Waals surface area contributed by atoms with Gasteiger partial charge in [-0.2, -0.15) is 0 Å². The molecule has 0 fully saturated rings. The molecule has 2 rings (SSSR count). The SMILES string of the molecule is COc1ccc(OC)c(-c2csc(NC(=O)C(C)(C)N)n2)c1.Cl. The zero-order valence-corrected chi connectivity index (χ0v) is 15.0. The third-order valence-electron chi connectivity index (χ3n) is 2.99. The van der Waals surface area contributed by atoms with Gasteiger partial charge in [0.05, 0.1) is 25.5 Å². The molecular weight excluding hydrogens is 338 g/mol. The van der Waals surface area contributed by atoms with E-state index in [1.54, 1.807) is 28.1 Å². The summed E-state index contributed by atoms with van der Waals surface area (Å²) < 4.78 is 10.6. The smallest absolute Gasteiger partial charge is 0.245 e. The Morgan fingerprint density at radius 1 is 1.30 bits per heavy atom. The highest BCUT2D eigenvalue weighted by molar-refractivity contribution is 7.14. The van der Waals surface area contributed by atoms with E-state index >= 15 is 0 Å². The molecular formula is C15H20ClN3O3S. The van der Waals surface area contributed by atoms with E-state index in [0.29, 0.717) is 22.3 Å². The zero-order chi connectivity index (χ0) is 16.3. The maximum atomic E-state index is 11.9. The number of nitrogens with two attached hydrogens (primary N) is 1. The van der Waals surface area contributed by atoms with Crippen molar-refractivity contribution in [2.24, 2.45) is 5.73 Å². The number of halogens is 1. The van der Waals surface area contributed by atoms with Gasteiger partial charge < -0.3 is 20.5 Å². The first-order valence-electron chi connectivity index (χ1n) is 6.63. The number of hydrogen-bond acceptors (Lipinski definition) is 6. The van der Waals surface area contributed by atoms with Crippen LogP contribution in [0, 0.1) is 0 Å². The van der Waals surface area contributed by atoms with Crippen molar-refractivity contribution in [2.45, 2.75) is 19.4 Å². The number of thiazole rings is 1. The number of nitrogens with one attached hydrogen (secondary N) is 1. The summed E-state index contributed by atoms with van der Waals surface area (Å²) in [6.07, 6.45) is 0. The summed E-state index contributed by atoms with van der Waals surface area (Å²) in [4.78, 5) is 16.3. The Labute approximate surface area is 145 Å². The lowest BCUT2D eigenvalue weighted by atomic mass is 10.1. The van der Waals surface area contributed by atoms with Crippen molar-refractivity contribution in [1.82, 2.24) is 4.98 Å². The molecule has 0 atom stereocenters. The van der Waals surface area contributed by atoms with Gasteiger partial charge in [0, 0.05) is 10.9 Å². The molecule has 1 aromatic carbocycles. The average molecular weight is 358 g/mol. The molecule has 1 heterocycles. The topological polar surface area (TPSA) is 86.5 Å². The van der Waals surface area contributed by atoms with E-state index < -0.39 is 5.54 Å². The number of rotatable bonds is 5. The van der Waals surface area contributed by atoms with Crippen molar-refractivity contribution >= 4 is 34.8 Å². The first-order valence-corrected chi connectivity index (χ1v) is 7.51. The molecule has 1 aromatic heterocycles. The first-order chi connectivity index (χ1) is 10.3. The van der Waals surface area contributed by atoms with Crippen molar-refractivity contribution in [3.8, 4) is 22.8 Å². The maximum absolute atomic E-state index is 11.9. The average Bonchev–Trinajstić information content (AvgIpc) is 2.94. The fourth-order valence-electron chi connectivity index (χ4n) is 1.73. The van der Waals surface area contributed by atoms with Gasteiger partial charge in [0.25, 0.3) is 0 Å². The van der Waals surface area contributed by atoms with E-state index in [0.717, 1.165) is 5.56 Å². The predicted molar refractivity (Wildman–Crippen MR) is 94.8 cm³/mol. The minimum Gasteiger partial charge on any atom is -0.497 e. The molecule has 1 amide bonds. The Morgan fingerprint density at radius 2 is 2.00 bits per heavy atom. The number of carbonyl (C=O) groups excluding carboxylic acids is 1. The van der Waals surface area contributed by atoms with Crippen LogP contribution in [0.4, 0.5) is 5.13 Å². The molecule has 0 saturated heterocycles. The summed E-state index contributed by atoms with van der Waals surface area (Å²) in [7, 11) is 3.19. The number of aromatic nitrogens is 1. The van der Waals surface area contributed by atoms with Crippen molar-refractivity contribution in [2.75, 3.05) is 19.5 Å². The van der Waals surface area contributed by atoms with Gasteiger partial charge in [0.15, 0.2) is 5.13 Å². The molecule has 0 radical (unpaired) electrons. The van der Waals surface area contributed by atoms with Crippen molar-refractivity contribution in [3.05, 3.63) is 23.6 Å². The molecule has 0 bridgehead atoms. The molecule has 0 unspecified atom stereocenters. The monoisotopic (exact) mass is 357 g/mol. The van der Waals surface area contributed by atoms with Crippen LogP contribution in [-0.2, 0) is 4.79 Å². The number of anilines is 1. The van der Waals surface area contributed by atoms with E-state index in [1.165, 1.54) is 11.3 Å². The number of carbonyl (C=O) groups is 1. The van der Waals surface area contributed by atoms with Crippen LogP contribution in [0.1, 0.15) is 13.8 Å². The molecule has 0 aliphatic carbocycles. The van der Waals surface area contributed by atoms with E-state index in [1.807, 2.05) is 23.6 Å². The van der Waals surface area contributed by atoms with Crippen molar-refractivity contribution in [3.63, 3.8) is 0 Å². The molecule has 6 nitrogen and oxygen atoms in total. The first kappa shape index (κ1) is 19.2. The molecule has 0 aliphatic heterocycles. The second-order valence-electron chi connectivity index (χ2n) is 5.28. The lowest BCUT2D eigenvalue weighted by Crippen LogP contribution is -2.45. The van der Waals surface area contributed by atoms with E-state index in [4.69, 9.17) is 15.2 Å². The predicted octanol–water partition coefficient (Wildman–Crippen LogP) is 2.92. The number of ether oxygens (including phenoxy) is 2. The Kier molecular flexibility index (Phi) is 6.37. The Hall–Kier alpha value is -1.83. The summed E-state index contributed by atoms with van der Waals surface area (Å²) in [6, 6.07) is 5.47. The van der Waals surface area contributed by atoms with Gasteiger partial charge in [-0.15, -0.1) is 23.7 Å². The van der Waals surface area contributed by atoms with E-state index in [2.05, 4.69) is 10.3 Å². The van der Waals surface area contributed by atoms with Crippen LogP contribution >= 0.6 is 23.7 Å². The molecule has 23 heavy (non-hydrogen) atoms. The van der Waals surface area contributed by atoms with E-state index in [-0.39, 0.29) is 18.3 Å². The van der Waals surface area contributed by atoms with Gasteiger partial charge in [-0.25, -0.2) is 4.98 Å². The van der Waals surface area contributed by atoms with Crippen LogP contribution in [0.5, 0.6) is 11.5 Å². The molecule has 0 saturated carbocycles. The summed E-state index contributed by atoms with van der Waals surface area (Å²) in [5.74, 6) is 1.10. The lowest BCUT2D eigenvalue weighted by molar-refractivity contribution is -0.120. The number of hydrogen-bond donors (Lipinski definition) is 2. The molecule has 8 heteroatoms. The highest BCUT2D eigenvalue weighted by Gasteiger charge is 2.23. The summed E-state index contributed by atoms with van der Waals surface area (Å²) in [5.41, 5.74) is 6.29. The van der Waals surface area contributed by atoms with Gasteiger partial charge >= 0.3 is 0 Å². The van der Waals surface area contributed by atoms with Crippen LogP contribution in [0.3, 0.4) is 0 Å². The van der Waals surface area contributed by atoms with Gasteiger partial charge in [-0.05, 0) is 32.0 Å². The standard InChI is InChI=1S/C15H19N3O3S.ClH/c1-15(2,16)13(19)18-14-17-11(8-22-14)10-7-9(20-3)5-6-12(10)21-4;/h5-8H,16H2,1-4H3,(H,17,18,19);1H. The van der Waals surface area contributed by atoms with Crippen molar-refractivity contribution < 1.29 is 14.3 Å². The highest BCUT2D eigenvalue weighted by Crippen LogP contribution is 2.35. The molecule has 0 aliphatic rings. The Bertz CT molecular complexity index is 683. The molecule has 0 spiro atoms. The minimum atomic E-state index is -0.959. The second kappa shape index (κ2) is 7.63. The third-order valence-corrected chi connectivity index (χ3v) is 3.75. The van der Waals surface area contributed by atoms with Gasteiger partial charge in [0.1, 0.15) is 11.5 Å². The van der Waals surface area contributed by atoms with Crippen LogP contribution in [0.15, 0.2) is 23.6 Å². The summed E-state index contributed by atoms with van der Waals surface area (Å²) in [5, 5.41) is 5.04. The van der Waals surface area contributed by atoms with Crippen LogP contribution in [-0.4, -0.2) is 30.6 Å². The molecule has 3 N–H and O–H groups in total. The number of methoxy groups -OCH3 is 2. The van der Waals surface area contributed by atoms with Gasteiger partial charge in [-0.1, -0.05) is 0 Å². The van der Waals surface area contributed by atoms with Crippen LogP contribution < -0.4 is 20.5 Å². The number of amides is 1. The fourth-order valence-corrected chi connectivity index (χ4v) is 2.43. The van der Waals surface area contributed by atoms with Crippen LogP contribution in [0.2, 0.25) is 0 Å². The number of benzene rings is 1. The van der Waals surface area contributed by atoms with E-state index in [9.17, 15) is 4.79 Å². The quantitative estimate of drug-likeness (QED) is 0.859. The Balaban J connectivity index is 0.00000264. The lowest BCUT2D eigenvalue weighted by Gasteiger charge is -2.16. The third kappa shape index (κ3) is 4.57. The summed E-state index contributed by atoms with van der Waals surface area (Å²) in [6.45, 7) is 3.28. The number of nitrogens with zero attached hydrogens (tertiary/aromatic N) is 1.